The third-order valence-electron chi connectivity index (χ3n) is 7.13. The average molecular weight is 558 g/mol. The number of benzene rings is 2. The molecule has 0 radical (unpaired) electrons. The number of aromatic nitrogens is 1. The summed E-state index contributed by atoms with van der Waals surface area (Å²) < 4.78 is 40.8. The lowest BCUT2D eigenvalue weighted by atomic mass is 9.94. The van der Waals surface area contributed by atoms with Gasteiger partial charge in [0.2, 0.25) is 10.0 Å². The smallest absolute Gasteiger partial charge is 0.260 e. The molecule has 0 spiro atoms. The molecule has 3 atom stereocenters. The van der Waals surface area contributed by atoms with Crippen molar-refractivity contribution in [3.05, 3.63) is 48.0 Å². The summed E-state index contributed by atoms with van der Waals surface area (Å²) in [6.45, 7) is 8.72. The lowest BCUT2D eigenvalue weighted by Gasteiger charge is -2.34. The molecule has 0 N–H and O–H groups in total. The molecule has 2 aromatic carbocycles. The Kier molecular flexibility index (Phi) is 8.04. The van der Waals surface area contributed by atoms with Gasteiger partial charge in [-0.1, -0.05) is 31.3 Å². The first-order valence-corrected chi connectivity index (χ1v) is 15.6. The van der Waals surface area contributed by atoms with Gasteiger partial charge >= 0.3 is 0 Å². The van der Waals surface area contributed by atoms with Gasteiger partial charge in [-0.3, -0.25) is 9.69 Å². The maximum atomic E-state index is 13.8. The molecule has 0 saturated carbocycles. The molecule has 2 fully saturated rings. The summed E-state index contributed by atoms with van der Waals surface area (Å²) in [5.41, 5.74) is 1.14. The van der Waals surface area contributed by atoms with Crippen molar-refractivity contribution in [1.29, 1.82) is 0 Å². The Bertz CT molecular complexity index is 1370. The van der Waals surface area contributed by atoms with E-state index in [1.165, 1.54) is 11.3 Å². The maximum absolute atomic E-state index is 13.8. The Balaban J connectivity index is 1.43. The van der Waals surface area contributed by atoms with Crippen LogP contribution in [0, 0.1) is 11.8 Å². The molecular weight excluding hydrogens is 522 g/mol. The zero-order valence-corrected chi connectivity index (χ0v) is 23.8. The van der Waals surface area contributed by atoms with E-state index in [1.807, 2.05) is 25.1 Å². The van der Waals surface area contributed by atoms with Crippen molar-refractivity contribution in [2.24, 2.45) is 11.8 Å². The van der Waals surface area contributed by atoms with Gasteiger partial charge < -0.3 is 9.47 Å². The summed E-state index contributed by atoms with van der Waals surface area (Å²) >= 11 is 1.43. The number of sulfonamides is 1. The van der Waals surface area contributed by atoms with E-state index in [1.54, 1.807) is 33.5 Å². The Morgan fingerprint density at radius 1 is 1.16 bits per heavy atom. The van der Waals surface area contributed by atoms with Crippen molar-refractivity contribution in [3.63, 3.8) is 0 Å². The Hall–Kier alpha value is -2.53. The number of para-hydroxylation sites is 1. The van der Waals surface area contributed by atoms with Crippen molar-refractivity contribution < 1.29 is 22.7 Å². The number of piperidine rings is 1. The molecule has 2 aliphatic heterocycles. The van der Waals surface area contributed by atoms with E-state index >= 15 is 0 Å². The molecule has 0 bridgehead atoms. The van der Waals surface area contributed by atoms with Gasteiger partial charge in [-0.25, -0.2) is 13.4 Å². The molecule has 2 saturated heterocycles. The molecule has 0 aliphatic carbocycles. The highest BCUT2D eigenvalue weighted by atomic mass is 32.2. The van der Waals surface area contributed by atoms with Gasteiger partial charge in [0.25, 0.3) is 5.91 Å². The molecule has 1 amide bonds. The van der Waals surface area contributed by atoms with Gasteiger partial charge in [-0.15, -0.1) is 0 Å². The summed E-state index contributed by atoms with van der Waals surface area (Å²) in [5.74, 6) is 1.09. The van der Waals surface area contributed by atoms with E-state index in [4.69, 9.17) is 14.5 Å². The molecule has 3 unspecified atom stereocenters. The van der Waals surface area contributed by atoms with Gasteiger partial charge in [-0.05, 0) is 74.4 Å². The summed E-state index contributed by atoms with van der Waals surface area (Å²) in [6.07, 6.45) is 2.79. The number of carbonyl (C=O) groups is 1. The number of hydrogen-bond acceptors (Lipinski definition) is 7. The summed E-state index contributed by atoms with van der Waals surface area (Å²) in [6, 6.07) is 12.1. The zero-order valence-electron chi connectivity index (χ0n) is 22.1. The van der Waals surface area contributed by atoms with E-state index in [2.05, 4.69) is 13.8 Å². The van der Waals surface area contributed by atoms with Crippen LogP contribution in [0.4, 0.5) is 5.13 Å². The number of hydrogen-bond donors (Lipinski definition) is 0. The minimum atomic E-state index is -3.62. The largest absolute Gasteiger partial charge is 0.492 e. The first-order chi connectivity index (χ1) is 18.3. The van der Waals surface area contributed by atoms with Crippen LogP contribution in [0.2, 0.25) is 0 Å². The van der Waals surface area contributed by atoms with Crippen LogP contribution < -0.4 is 9.64 Å². The highest BCUT2D eigenvalue weighted by Crippen LogP contribution is 2.35. The lowest BCUT2D eigenvalue weighted by molar-refractivity contribution is 0.0917. The van der Waals surface area contributed by atoms with Gasteiger partial charge in [0.05, 0.1) is 28.9 Å². The Labute approximate surface area is 228 Å². The minimum Gasteiger partial charge on any atom is -0.492 e. The molecule has 3 heterocycles. The van der Waals surface area contributed by atoms with E-state index in [0.29, 0.717) is 61.1 Å². The van der Waals surface area contributed by atoms with Crippen LogP contribution in [-0.4, -0.2) is 62.6 Å². The van der Waals surface area contributed by atoms with Crippen LogP contribution in [0.1, 0.15) is 50.4 Å². The maximum Gasteiger partial charge on any atom is 0.260 e. The molecule has 1 aromatic heterocycles. The second kappa shape index (κ2) is 11.3. The molecule has 204 valence electrons. The standard InChI is InChI=1S/C28H35N3O5S2/c1-4-35-24-8-5-9-25-26(24)29-28(37-25)31(18-22-7-6-14-36-22)27(32)21-10-12-23(13-11-21)38(33,34)30-16-19(2)15-20(3)17-30/h5,8-13,19-20,22H,4,6-7,14-18H2,1-3H3. The second-order valence-corrected chi connectivity index (χ2v) is 13.3. The van der Waals surface area contributed by atoms with Crippen molar-refractivity contribution in [3.8, 4) is 5.75 Å². The number of anilines is 1. The lowest BCUT2D eigenvalue weighted by Crippen LogP contribution is -2.42. The summed E-state index contributed by atoms with van der Waals surface area (Å²) in [7, 11) is -3.62. The van der Waals surface area contributed by atoms with Crippen LogP contribution in [0.5, 0.6) is 5.75 Å². The van der Waals surface area contributed by atoms with Crippen LogP contribution in [-0.2, 0) is 14.8 Å². The predicted octanol–water partition coefficient (Wildman–Crippen LogP) is 5.19. The molecule has 8 nitrogen and oxygen atoms in total. The fraction of sp³-hybridized carbons (Fsp3) is 0.500. The fourth-order valence-corrected chi connectivity index (χ4v) is 8.09. The monoisotopic (exact) mass is 557 g/mol. The first kappa shape index (κ1) is 27.1. The molecular formula is C28H35N3O5S2. The van der Waals surface area contributed by atoms with E-state index in [-0.39, 0.29) is 16.9 Å². The highest BCUT2D eigenvalue weighted by Gasteiger charge is 2.32. The van der Waals surface area contributed by atoms with Gasteiger partial charge in [-0.2, -0.15) is 4.31 Å². The summed E-state index contributed by atoms with van der Waals surface area (Å²) in [5, 5.41) is 0.570. The zero-order chi connectivity index (χ0) is 26.9. The Morgan fingerprint density at radius 2 is 1.89 bits per heavy atom. The van der Waals surface area contributed by atoms with Crippen molar-refractivity contribution in [2.45, 2.75) is 51.0 Å². The van der Waals surface area contributed by atoms with Crippen LogP contribution in [0.3, 0.4) is 0 Å². The average Bonchev–Trinajstić information content (AvgIpc) is 3.57. The quantitative estimate of drug-likeness (QED) is 0.379. The molecule has 38 heavy (non-hydrogen) atoms. The molecule has 3 aromatic rings. The first-order valence-electron chi connectivity index (χ1n) is 13.3. The van der Waals surface area contributed by atoms with Gasteiger partial charge in [0.15, 0.2) is 5.13 Å². The topological polar surface area (TPSA) is 89.0 Å². The number of fused-ring (bicyclic) bond motifs is 1. The fourth-order valence-electron chi connectivity index (χ4n) is 5.42. The summed E-state index contributed by atoms with van der Waals surface area (Å²) in [4.78, 5) is 20.5. The normalized spacial score (nSPS) is 22.6. The van der Waals surface area contributed by atoms with Crippen molar-refractivity contribution in [2.75, 3.05) is 37.7 Å². The predicted molar refractivity (Wildman–Crippen MR) is 150 cm³/mol. The third-order valence-corrected chi connectivity index (χ3v) is 10.0. The van der Waals surface area contributed by atoms with E-state index < -0.39 is 10.0 Å². The number of carbonyl (C=O) groups excluding carboxylic acids is 1. The number of ether oxygens (including phenoxy) is 2. The number of rotatable bonds is 8. The molecule has 2 aliphatic rings. The van der Waals surface area contributed by atoms with Crippen molar-refractivity contribution in [1.82, 2.24) is 9.29 Å². The van der Waals surface area contributed by atoms with Crippen LogP contribution in [0.25, 0.3) is 10.2 Å². The third kappa shape index (κ3) is 5.59. The molecule has 5 rings (SSSR count). The van der Waals surface area contributed by atoms with Gasteiger partial charge in [0, 0.05) is 25.3 Å². The SMILES string of the molecule is CCOc1cccc2sc(N(CC3CCCO3)C(=O)c3ccc(S(=O)(=O)N4CC(C)CC(C)C4)cc3)nc12. The van der Waals surface area contributed by atoms with Crippen LogP contribution >= 0.6 is 11.3 Å². The number of thiazole rings is 1. The van der Waals surface area contributed by atoms with E-state index in [9.17, 15) is 13.2 Å². The number of nitrogens with zero attached hydrogens (tertiary/aromatic N) is 3. The highest BCUT2D eigenvalue weighted by molar-refractivity contribution is 7.89. The molecule has 10 heteroatoms. The second-order valence-electron chi connectivity index (χ2n) is 10.4. The van der Waals surface area contributed by atoms with Gasteiger partial charge in [0.1, 0.15) is 11.3 Å². The number of amides is 1. The van der Waals surface area contributed by atoms with Crippen LogP contribution in [0.15, 0.2) is 47.4 Å². The Morgan fingerprint density at radius 3 is 2.55 bits per heavy atom. The minimum absolute atomic E-state index is 0.0694. The van der Waals surface area contributed by atoms with E-state index in [0.717, 1.165) is 29.5 Å². The van der Waals surface area contributed by atoms with Crippen molar-refractivity contribution >= 4 is 42.6 Å².